The number of amides is 1. The second-order valence-electron chi connectivity index (χ2n) is 7.90. The van der Waals surface area contributed by atoms with Crippen LogP contribution in [0.3, 0.4) is 0 Å². The summed E-state index contributed by atoms with van der Waals surface area (Å²) in [5, 5.41) is 6.10. The van der Waals surface area contributed by atoms with E-state index in [9.17, 15) is 4.79 Å². The molecule has 1 aromatic heterocycles. The van der Waals surface area contributed by atoms with E-state index < -0.39 is 0 Å². The van der Waals surface area contributed by atoms with Gasteiger partial charge in [-0.15, -0.1) is 11.3 Å². The minimum atomic E-state index is -0.298. The van der Waals surface area contributed by atoms with Crippen LogP contribution in [0.15, 0.2) is 47.8 Å². The standard InChI is InChI=1S/C24H27Cl2N3O2S/c1-15(2)29(16(3)4)11-12-31-18-8-5-7-17(13-18)27-23(30)21-14-32-24(28-21)19-9-6-10-20(25)22(19)26/h5-10,13-16H,11-12H2,1-4H3,(H,27,30). The van der Waals surface area contributed by atoms with E-state index in [2.05, 4.69) is 42.9 Å². The molecule has 0 atom stereocenters. The van der Waals surface area contributed by atoms with Gasteiger partial charge in [0.15, 0.2) is 0 Å². The molecule has 8 heteroatoms. The molecule has 0 radical (unpaired) electrons. The van der Waals surface area contributed by atoms with Crippen molar-refractivity contribution in [3.05, 3.63) is 63.6 Å². The number of rotatable bonds is 9. The first kappa shape index (κ1) is 24.5. The first-order chi connectivity index (χ1) is 15.3. The number of aromatic nitrogens is 1. The van der Waals surface area contributed by atoms with Crippen LogP contribution >= 0.6 is 34.5 Å². The molecule has 3 rings (SSSR count). The van der Waals surface area contributed by atoms with Gasteiger partial charge >= 0.3 is 0 Å². The van der Waals surface area contributed by atoms with Crippen molar-refractivity contribution >= 4 is 46.1 Å². The van der Waals surface area contributed by atoms with Crippen molar-refractivity contribution in [3.63, 3.8) is 0 Å². The molecule has 0 aliphatic heterocycles. The third kappa shape index (κ3) is 6.23. The monoisotopic (exact) mass is 491 g/mol. The number of nitrogens with one attached hydrogen (secondary N) is 1. The van der Waals surface area contributed by atoms with Gasteiger partial charge in [0.05, 0.1) is 10.0 Å². The van der Waals surface area contributed by atoms with Gasteiger partial charge in [0.25, 0.3) is 5.91 Å². The van der Waals surface area contributed by atoms with Gasteiger partial charge in [-0.05, 0) is 45.9 Å². The number of hydrogen-bond donors (Lipinski definition) is 1. The molecule has 1 N–H and O–H groups in total. The van der Waals surface area contributed by atoms with Crippen molar-refractivity contribution in [1.29, 1.82) is 0 Å². The van der Waals surface area contributed by atoms with Crippen molar-refractivity contribution in [2.75, 3.05) is 18.5 Å². The van der Waals surface area contributed by atoms with Gasteiger partial charge in [0, 0.05) is 41.3 Å². The van der Waals surface area contributed by atoms with Crippen LogP contribution < -0.4 is 10.1 Å². The molecule has 0 saturated carbocycles. The Morgan fingerprint density at radius 3 is 2.56 bits per heavy atom. The van der Waals surface area contributed by atoms with E-state index in [-0.39, 0.29) is 5.91 Å². The highest BCUT2D eigenvalue weighted by Gasteiger charge is 2.16. The summed E-state index contributed by atoms with van der Waals surface area (Å²) in [4.78, 5) is 19.5. The van der Waals surface area contributed by atoms with Crippen LogP contribution in [0.4, 0.5) is 5.69 Å². The number of benzene rings is 2. The Balaban J connectivity index is 1.63. The summed E-state index contributed by atoms with van der Waals surface area (Å²) >= 11 is 13.7. The summed E-state index contributed by atoms with van der Waals surface area (Å²) < 4.78 is 5.92. The summed E-state index contributed by atoms with van der Waals surface area (Å²) in [6, 6.07) is 13.6. The molecule has 32 heavy (non-hydrogen) atoms. The van der Waals surface area contributed by atoms with Gasteiger partial charge in [-0.2, -0.15) is 0 Å². The fraction of sp³-hybridized carbons (Fsp3) is 0.333. The van der Waals surface area contributed by atoms with E-state index in [1.165, 1.54) is 11.3 Å². The molecule has 1 heterocycles. The van der Waals surface area contributed by atoms with E-state index >= 15 is 0 Å². The van der Waals surface area contributed by atoms with Crippen molar-refractivity contribution in [1.82, 2.24) is 9.88 Å². The Morgan fingerprint density at radius 2 is 1.84 bits per heavy atom. The van der Waals surface area contributed by atoms with Gasteiger partial charge < -0.3 is 10.1 Å². The third-order valence-corrected chi connectivity index (χ3v) is 6.65. The molecule has 5 nitrogen and oxygen atoms in total. The quantitative estimate of drug-likeness (QED) is 0.354. The highest BCUT2D eigenvalue weighted by atomic mass is 35.5. The van der Waals surface area contributed by atoms with E-state index in [0.29, 0.717) is 56.4 Å². The van der Waals surface area contributed by atoms with Gasteiger partial charge in [-0.3, -0.25) is 9.69 Å². The second-order valence-corrected chi connectivity index (χ2v) is 9.54. The van der Waals surface area contributed by atoms with Crippen LogP contribution in [0.1, 0.15) is 38.2 Å². The molecule has 2 aromatic carbocycles. The lowest BCUT2D eigenvalue weighted by atomic mass is 10.2. The SMILES string of the molecule is CC(C)N(CCOc1cccc(NC(=O)c2csc(-c3cccc(Cl)c3Cl)n2)c1)C(C)C. The van der Waals surface area contributed by atoms with Crippen molar-refractivity contribution < 1.29 is 9.53 Å². The fourth-order valence-electron chi connectivity index (χ4n) is 3.41. The number of carbonyl (C=O) groups excluding carboxylic acids is 1. The number of ether oxygens (including phenoxy) is 1. The fourth-order valence-corrected chi connectivity index (χ4v) is 4.69. The molecule has 0 fully saturated rings. The van der Waals surface area contributed by atoms with Crippen molar-refractivity contribution in [3.8, 4) is 16.3 Å². The van der Waals surface area contributed by atoms with Gasteiger partial charge in [-0.1, -0.05) is 41.4 Å². The minimum Gasteiger partial charge on any atom is -0.492 e. The summed E-state index contributed by atoms with van der Waals surface area (Å²) in [5.41, 5.74) is 1.67. The van der Waals surface area contributed by atoms with E-state index in [1.807, 2.05) is 30.3 Å². The highest BCUT2D eigenvalue weighted by molar-refractivity contribution is 7.13. The molecule has 0 spiro atoms. The molecule has 170 valence electrons. The summed E-state index contributed by atoms with van der Waals surface area (Å²) in [6.45, 7) is 10.1. The number of carbonyl (C=O) groups is 1. The topological polar surface area (TPSA) is 54.5 Å². The maximum Gasteiger partial charge on any atom is 0.275 e. The number of nitrogens with zero attached hydrogens (tertiary/aromatic N) is 2. The first-order valence-corrected chi connectivity index (χ1v) is 12.1. The maximum absolute atomic E-state index is 12.7. The number of halogens is 2. The van der Waals surface area contributed by atoms with Crippen LogP contribution in [0.2, 0.25) is 10.0 Å². The maximum atomic E-state index is 12.7. The number of thiazole rings is 1. The molecule has 0 aliphatic rings. The molecular formula is C24H27Cl2N3O2S. The Kier molecular flexibility index (Phi) is 8.54. The molecule has 0 bridgehead atoms. The Morgan fingerprint density at radius 1 is 1.12 bits per heavy atom. The molecular weight excluding hydrogens is 465 g/mol. The molecule has 0 aliphatic carbocycles. The first-order valence-electron chi connectivity index (χ1n) is 10.5. The summed E-state index contributed by atoms with van der Waals surface area (Å²) in [7, 11) is 0. The smallest absolute Gasteiger partial charge is 0.275 e. The van der Waals surface area contributed by atoms with Crippen LogP contribution in [0, 0.1) is 0 Å². The zero-order valence-corrected chi connectivity index (χ0v) is 20.9. The molecule has 3 aromatic rings. The Bertz CT molecular complexity index is 1060. The highest BCUT2D eigenvalue weighted by Crippen LogP contribution is 2.35. The summed E-state index contributed by atoms with van der Waals surface area (Å²) in [6.07, 6.45) is 0. The van der Waals surface area contributed by atoms with E-state index in [1.54, 1.807) is 17.5 Å². The lowest BCUT2D eigenvalue weighted by Gasteiger charge is -2.30. The zero-order valence-electron chi connectivity index (χ0n) is 18.6. The van der Waals surface area contributed by atoms with Crippen LogP contribution in [-0.2, 0) is 0 Å². The van der Waals surface area contributed by atoms with Crippen molar-refractivity contribution in [2.24, 2.45) is 0 Å². The van der Waals surface area contributed by atoms with Gasteiger partial charge in [0.2, 0.25) is 0 Å². The largest absolute Gasteiger partial charge is 0.492 e. The lowest BCUT2D eigenvalue weighted by Crippen LogP contribution is -2.39. The van der Waals surface area contributed by atoms with Crippen LogP contribution in [0.25, 0.3) is 10.6 Å². The molecule has 0 saturated heterocycles. The average Bonchev–Trinajstić information content (AvgIpc) is 3.23. The third-order valence-electron chi connectivity index (χ3n) is 4.96. The van der Waals surface area contributed by atoms with Gasteiger partial charge in [-0.25, -0.2) is 4.98 Å². The van der Waals surface area contributed by atoms with E-state index in [0.717, 1.165) is 6.54 Å². The molecule has 1 amide bonds. The lowest BCUT2D eigenvalue weighted by molar-refractivity contribution is 0.102. The second kappa shape index (κ2) is 11.1. The van der Waals surface area contributed by atoms with E-state index in [4.69, 9.17) is 27.9 Å². The predicted octanol–water partition coefficient (Wildman–Crippen LogP) is 6.87. The Hall–Kier alpha value is -2.12. The minimum absolute atomic E-state index is 0.298. The number of hydrogen-bond acceptors (Lipinski definition) is 5. The van der Waals surface area contributed by atoms with Crippen molar-refractivity contribution in [2.45, 2.75) is 39.8 Å². The van der Waals surface area contributed by atoms with Gasteiger partial charge in [0.1, 0.15) is 23.1 Å². The normalized spacial score (nSPS) is 11.4. The summed E-state index contributed by atoms with van der Waals surface area (Å²) in [5.74, 6) is 0.411. The number of anilines is 1. The predicted molar refractivity (Wildman–Crippen MR) is 134 cm³/mol. The molecule has 0 unspecified atom stereocenters. The zero-order chi connectivity index (χ0) is 23.3. The Labute approximate surface area is 203 Å². The average molecular weight is 492 g/mol. The van der Waals surface area contributed by atoms with Crippen LogP contribution in [-0.4, -0.2) is 41.0 Å². The van der Waals surface area contributed by atoms with Crippen LogP contribution in [0.5, 0.6) is 5.75 Å².